The summed E-state index contributed by atoms with van der Waals surface area (Å²) in [6.07, 6.45) is 0. The van der Waals surface area contributed by atoms with Crippen LogP contribution in [0.15, 0.2) is 36.4 Å². The van der Waals surface area contributed by atoms with Crippen molar-refractivity contribution in [3.05, 3.63) is 51.3 Å². The fourth-order valence-corrected chi connectivity index (χ4v) is 2.22. The van der Waals surface area contributed by atoms with Crippen molar-refractivity contribution >= 4 is 22.6 Å². The van der Waals surface area contributed by atoms with E-state index in [0.29, 0.717) is 5.56 Å². The molecule has 0 heterocycles. The summed E-state index contributed by atoms with van der Waals surface area (Å²) in [4.78, 5) is 0. The highest BCUT2D eigenvalue weighted by molar-refractivity contribution is 14.1. The van der Waals surface area contributed by atoms with Crippen molar-refractivity contribution in [3.8, 4) is 16.9 Å². The molecule has 0 amide bonds. The van der Waals surface area contributed by atoms with Crippen LogP contribution in [-0.2, 0) is 0 Å². The van der Waals surface area contributed by atoms with Crippen LogP contribution in [0.3, 0.4) is 0 Å². The van der Waals surface area contributed by atoms with Crippen LogP contribution >= 0.6 is 22.6 Å². The first-order valence-electron chi connectivity index (χ1n) is 5.22. The van der Waals surface area contributed by atoms with Gasteiger partial charge in [0, 0.05) is 9.13 Å². The summed E-state index contributed by atoms with van der Waals surface area (Å²) in [6.45, 7) is 1.95. The zero-order chi connectivity index (χ0) is 12.4. The van der Waals surface area contributed by atoms with Gasteiger partial charge in [0.2, 0.25) is 0 Å². The molecule has 0 unspecified atom stereocenters. The van der Waals surface area contributed by atoms with Gasteiger partial charge < -0.3 is 4.74 Å². The van der Waals surface area contributed by atoms with Crippen LogP contribution in [0.25, 0.3) is 11.1 Å². The van der Waals surface area contributed by atoms with Gasteiger partial charge in [-0.1, -0.05) is 12.1 Å². The topological polar surface area (TPSA) is 9.23 Å². The van der Waals surface area contributed by atoms with Gasteiger partial charge in [-0.15, -0.1) is 0 Å². The number of rotatable bonds is 2. The van der Waals surface area contributed by atoms with E-state index in [1.165, 1.54) is 6.07 Å². The van der Waals surface area contributed by atoms with Crippen LogP contribution in [0.1, 0.15) is 5.56 Å². The van der Waals surface area contributed by atoms with E-state index in [2.05, 4.69) is 22.6 Å². The van der Waals surface area contributed by atoms with Crippen molar-refractivity contribution in [1.29, 1.82) is 0 Å². The Morgan fingerprint density at radius 1 is 1.12 bits per heavy atom. The Morgan fingerprint density at radius 3 is 2.47 bits per heavy atom. The Kier molecular flexibility index (Phi) is 3.66. The summed E-state index contributed by atoms with van der Waals surface area (Å²) in [5, 5.41) is 0. The molecule has 0 spiro atoms. The first kappa shape index (κ1) is 12.4. The summed E-state index contributed by atoms with van der Waals surface area (Å²) < 4.78 is 19.9. The Balaban J connectivity index is 2.50. The second-order valence-electron chi connectivity index (χ2n) is 3.81. The van der Waals surface area contributed by atoms with E-state index in [1.807, 2.05) is 31.2 Å². The number of hydrogen-bond acceptors (Lipinski definition) is 1. The van der Waals surface area contributed by atoms with Crippen molar-refractivity contribution in [2.45, 2.75) is 6.92 Å². The molecule has 2 aromatic rings. The van der Waals surface area contributed by atoms with Crippen molar-refractivity contribution < 1.29 is 9.13 Å². The predicted octanol–water partition coefficient (Wildman–Crippen LogP) is 4.41. The van der Waals surface area contributed by atoms with Crippen molar-refractivity contribution in [2.24, 2.45) is 0 Å². The Labute approximate surface area is 114 Å². The normalized spacial score (nSPS) is 10.4. The number of ether oxygens (including phenoxy) is 1. The van der Waals surface area contributed by atoms with Crippen LogP contribution in [0.4, 0.5) is 4.39 Å². The van der Waals surface area contributed by atoms with Crippen molar-refractivity contribution in [1.82, 2.24) is 0 Å². The minimum absolute atomic E-state index is 0.193. The SMILES string of the molecule is COc1ccc(-c2ccc(I)cc2F)cc1C. The third-order valence-electron chi connectivity index (χ3n) is 2.64. The van der Waals surface area contributed by atoms with Gasteiger partial charge in [0.15, 0.2) is 0 Å². The molecule has 0 saturated carbocycles. The molecule has 0 bridgehead atoms. The maximum absolute atomic E-state index is 13.8. The minimum atomic E-state index is -0.193. The lowest BCUT2D eigenvalue weighted by atomic mass is 10.0. The highest BCUT2D eigenvalue weighted by Gasteiger charge is 2.07. The molecule has 0 aliphatic carbocycles. The van der Waals surface area contributed by atoms with Gasteiger partial charge in [-0.05, 0) is 64.9 Å². The third kappa shape index (κ3) is 2.60. The first-order valence-corrected chi connectivity index (χ1v) is 6.30. The minimum Gasteiger partial charge on any atom is -0.496 e. The number of hydrogen-bond donors (Lipinski definition) is 0. The van der Waals surface area contributed by atoms with Gasteiger partial charge >= 0.3 is 0 Å². The van der Waals surface area contributed by atoms with Gasteiger partial charge in [0.25, 0.3) is 0 Å². The van der Waals surface area contributed by atoms with Gasteiger partial charge in [-0.2, -0.15) is 0 Å². The zero-order valence-electron chi connectivity index (χ0n) is 9.63. The van der Waals surface area contributed by atoms with Crippen molar-refractivity contribution in [3.63, 3.8) is 0 Å². The van der Waals surface area contributed by atoms with E-state index < -0.39 is 0 Å². The van der Waals surface area contributed by atoms with Crippen LogP contribution in [-0.4, -0.2) is 7.11 Å². The van der Waals surface area contributed by atoms with E-state index in [1.54, 1.807) is 13.2 Å². The van der Waals surface area contributed by atoms with Crippen molar-refractivity contribution in [2.75, 3.05) is 7.11 Å². The largest absolute Gasteiger partial charge is 0.496 e. The van der Waals surface area contributed by atoms with Gasteiger partial charge in [-0.3, -0.25) is 0 Å². The average Bonchev–Trinajstić information content (AvgIpc) is 2.29. The standard InChI is InChI=1S/C14H12FIO/c1-9-7-10(3-6-14(9)17-2)12-5-4-11(16)8-13(12)15/h3-8H,1-2H3. The molecule has 2 aromatic carbocycles. The number of methoxy groups -OCH3 is 1. The van der Waals surface area contributed by atoms with E-state index in [4.69, 9.17) is 4.74 Å². The summed E-state index contributed by atoms with van der Waals surface area (Å²) in [6, 6.07) is 10.9. The van der Waals surface area contributed by atoms with Crippen LogP contribution in [0.5, 0.6) is 5.75 Å². The molecule has 1 nitrogen and oxygen atoms in total. The van der Waals surface area contributed by atoms with Crippen LogP contribution in [0, 0.1) is 16.3 Å². The maximum atomic E-state index is 13.8. The Bertz CT molecular complexity index is 552. The van der Waals surface area contributed by atoms with Gasteiger partial charge in [0.1, 0.15) is 11.6 Å². The molecule has 0 aromatic heterocycles. The molecule has 0 aliphatic heterocycles. The van der Waals surface area contributed by atoms with Crippen LogP contribution in [0.2, 0.25) is 0 Å². The monoisotopic (exact) mass is 342 g/mol. The molecule has 0 aliphatic rings. The number of halogens is 2. The summed E-state index contributed by atoms with van der Waals surface area (Å²) in [5.41, 5.74) is 2.50. The van der Waals surface area contributed by atoms with Crippen LogP contribution < -0.4 is 4.74 Å². The molecule has 88 valence electrons. The van der Waals surface area contributed by atoms with E-state index >= 15 is 0 Å². The first-order chi connectivity index (χ1) is 8.11. The molecule has 0 fully saturated rings. The van der Waals surface area contributed by atoms with Gasteiger partial charge in [0.05, 0.1) is 7.11 Å². The second kappa shape index (κ2) is 5.04. The lowest BCUT2D eigenvalue weighted by molar-refractivity contribution is 0.412. The predicted molar refractivity (Wildman–Crippen MR) is 75.8 cm³/mol. The summed E-state index contributed by atoms with van der Waals surface area (Å²) in [5.74, 6) is 0.626. The number of benzene rings is 2. The number of aryl methyl sites for hydroxylation is 1. The molecule has 2 rings (SSSR count). The maximum Gasteiger partial charge on any atom is 0.132 e. The lowest BCUT2D eigenvalue weighted by Crippen LogP contribution is -1.90. The quantitative estimate of drug-likeness (QED) is 0.735. The fourth-order valence-electron chi connectivity index (χ4n) is 1.77. The molecule has 17 heavy (non-hydrogen) atoms. The van der Waals surface area contributed by atoms with E-state index in [-0.39, 0.29) is 5.82 Å². The third-order valence-corrected chi connectivity index (χ3v) is 3.31. The molecule has 0 saturated heterocycles. The van der Waals surface area contributed by atoms with Gasteiger partial charge in [-0.25, -0.2) is 4.39 Å². The lowest BCUT2D eigenvalue weighted by Gasteiger charge is -2.08. The Morgan fingerprint density at radius 2 is 1.88 bits per heavy atom. The van der Waals surface area contributed by atoms with E-state index in [9.17, 15) is 4.39 Å². The molecule has 0 N–H and O–H groups in total. The highest BCUT2D eigenvalue weighted by Crippen LogP contribution is 2.28. The smallest absolute Gasteiger partial charge is 0.132 e. The molecule has 3 heteroatoms. The zero-order valence-corrected chi connectivity index (χ0v) is 11.8. The molecule has 0 atom stereocenters. The highest BCUT2D eigenvalue weighted by atomic mass is 127. The molecular formula is C14H12FIO. The second-order valence-corrected chi connectivity index (χ2v) is 5.05. The fraction of sp³-hybridized carbons (Fsp3) is 0.143. The molecular weight excluding hydrogens is 330 g/mol. The average molecular weight is 342 g/mol. The summed E-state index contributed by atoms with van der Waals surface area (Å²) in [7, 11) is 1.63. The molecule has 0 radical (unpaired) electrons. The summed E-state index contributed by atoms with van der Waals surface area (Å²) >= 11 is 2.10. The van der Waals surface area contributed by atoms with E-state index in [0.717, 1.165) is 20.4 Å². The Hall–Kier alpha value is -1.10.